The molecule has 0 spiro atoms. The van der Waals surface area contributed by atoms with Gasteiger partial charge in [-0.1, -0.05) is 48.5 Å². The number of para-hydroxylation sites is 1. The Hall–Kier alpha value is -2.96. The Labute approximate surface area is 213 Å². The van der Waals surface area contributed by atoms with E-state index >= 15 is 0 Å². The van der Waals surface area contributed by atoms with Crippen LogP contribution in [-0.2, 0) is 16.1 Å². The van der Waals surface area contributed by atoms with Crippen molar-refractivity contribution in [2.45, 2.75) is 31.8 Å². The molecule has 0 aliphatic carbocycles. The van der Waals surface area contributed by atoms with Crippen LogP contribution >= 0.6 is 0 Å². The fourth-order valence-electron chi connectivity index (χ4n) is 6.01. The van der Waals surface area contributed by atoms with Crippen LogP contribution in [-0.4, -0.2) is 68.2 Å². The molecule has 3 aromatic carbocycles. The first-order valence-corrected chi connectivity index (χ1v) is 13.1. The molecule has 2 saturated heterocycles. The minimum atomic E-state index is -0.149. The maximum absolute atomic E-state index is 14.3. The highest BCUT2D eigenvalue weighted by Crippen LogP contribution is 2.30. The van der Waals surface area contributed by atoms with Crippen LogP contribution in [0, 0.1) is 11.7 Å². The number of hydrogen-bond acceptors (Lipinski definition) is 5. The Kier molecular flexibility index (Phi) is 7.83. The van der Waals surface area contributed by atoms with E-state index < -0.39 is 0 Å². The molecule has 3 aromatic rings. The predicted octanol–water partition coefficient (Wildman–Crippen LogP) is 4.94. The number of piperazine rings is 1. The van der Waals surface area contributed by atoms with E-state index in [9.17, 15) is 9.18 Å². The number of benzene rings is 3. The monoisotopic (exact) mass is 489 g/mol. The number of ether oxygens (including phenoxy) is 1. The zero-order valence-electron chi connectivity index (χ0n) is 21.1. The molecule has 0 unspecified atom stereocenters. The van der Waals surface area contributed by atoms with Gasteiger partial charge in [0.1, 0.15) is 5.82 Å². The fraction of sp³-hybridized carbons (Fsp3) is 0.433. The average molecular weight is 490 g/mol. The third kappa shape index (κ3) is 5.71. The Bertz CT molecular complexity index is 1180. The summed E-state index contributed by atoms with van der Waals surface area (Å²) in [6.45, 7) is 6.41. The first-order chi connectivity index (χ1) is 17.6. The Morgan fingerprint density at radius 3 is 2.47 bits per heavy atom. The second-order valence-electron chi connectivity index (χ2n) is 10.1. The van der Waals surface area contributed by atoms with Gasteiger partial charge < -0.3 is 9.64 Å². The lowest BCUT2D eigenvalue weighted by atomic mass is 9.86. The number of nitrogens with zero attached hydrogens (tertiary/aromatic N) is 3. The first kappa shape index (κ1) is 24.7. The predicted molar refractivity (Wildman–Crippen MR) is 143 cm³/mol. The Balaban J connectivity index is 1.24. The van der Waals surface area contributed by atoms with Gasteiger partial charge >= 0.3 is 5.97 Å². The molecule has 0 N–H and O–H groups in total. The summed E-state index contributed by atoms with van der Waals surface area (Å²) in [5, 5.41) is 2.55. The van der Waals surface area contributed by atoms with E-state index in [1.54, 1.807) is 6.07 Å². The second kappa shape index (κ2) is 11.4. The number of carbonyl (C=O) groups excluding carboxylic acids is 1. The number of anilines is 1. The minimum absolute atomic E-state index is 0.134. The summed E-state index contributed by atoms with van der Waals surface area (Å²) in [5.41, 5.74) is 2.03. The minimum Gasteiger partial charge on any atom is -0.469 e. The highest BCUT2D eigenvalue weighted by molar-refractivity contribution is 5.83. The molecule has 0 aromatic heterocycles. The first-order valence-electron chi connectivity index (χ1n) is 13.1. The van der Waals surface area contributed by atoms with Crippen molar-refractivity contribution in [1.82, 2.24) is 9.80 Å². The average Bonchev–Trinajstić information content (AvgIpc) is 2.92. The van der Waals surface area contributed by atoms with E-state index in [1.807, 2.05) is 12.1 Å². The number of fused-ring (bicyclic) bond motifs is 1. The van der Waals surface area contributed by atoms with Crippen LogP contribution in [0.25, 0.3) is 10.8 Å². The third-order valence-corrected chi connectivity index (χ3v) is 7.92. The molecule has 0 radical (unpaired) electrons. The molecule has 2 aliphatic heterocycles. The summed E-state index contributed by atoms with van der Waals surface area (Å²) in [4.78, 5) is 19.2. The normalized spacial score (nSPS) is 21.6. The van der Waals surface area contributed by atoms with Crippen molar-refractivity contribution in [2.24, 2.45) is 5.92 Å². The van der Waals surface area contributed by atoms with Crippen molar-refractivity contribution in [3.05, 3.63) is 78.1 Å². The number of methoxy groups -OCH3 is 1. The zero-order chi connectivity index (χ0) is 24.9. The molecule has 0 bridgehead atoms. The summed E-state index contributed by atoms with van der Waals surface area (Å²) in [7, 11) is 1.47. The van der Waals surface area contributed by atoms with E-state index in [-0.39, 0.29) is 11.8 Å². The van der Waals surface area contributed by atoms with E-state index in [0.717, 1.165) is 58.7 Å². The molecule has 5 nitrogen and oxygen atoms in total. The molecule has 0 amide bonds. The highest BCUT2D eigenvalue weighted by Gasteiger charge is 2.35. The summed E-state index contributed by atoms with van der Waals surface area (Å²) < 4.78 is 19.3. The van der Waals surface area contributed by atoms with Gasteiger partial charge in [0.25, 0.3) is 0 Å². The molecule has 2 heterocycles. The van der Waals surface area contributed by atoms with Crippen LogP contribution < -0.4 is 4.90 Å². The molecule has 6 heteroatoms. The van der Waals surface area contributed by atoms with Gasteiger partial charge in [0.05, 0.1) is 12.8 Å². The molecule has 2 fully saturated rings. The molecule has 190 valence electrons. The van der Waals surface area contributed by atoms with Crippen molar-refractivity contribution in [3.63, 3.8) is 0 Å². The zero-order valence-corrected chi connectivity index (χ0v) is 21.1. The van der Waals surface area contributed by atoms with Crippen LogP contribution in [0.2, 0.25) is 0 Å². The molecule has 2 aliphatic rings. The van der Waals surface area contributed by atoms with E-state index in [1.165, 1.54) is 29.5 Å². The summed E-state index contributed by atoms with van der Waals surface area (Å²) >= 11 is 0. The molecule has 36 heavy (non-hydrogen) atoms. The quantitative estimate of drug-likeness (QED) is 0.439. The van der Waals surface area contributed by atoms with Crippen molar-refractivity contribution < 1.29 is 13.9 Å². The number of piperidine rings is 1. The van der Waals surface area contributed by atoms with Gasteiger partial charge in [0.15, 0.2) is 0 Å². The fourth-order valence-corrected chi connectivity index (χ4v) is 6.01. The molecule has 0 saturated carbocycles. The van der Waals surface area contributed by atoms with Crippen LogP contribution in [0.15, 0.2) is 66.7 Å². The van der Waals surface area contributed by atoms with Crippen molar-refractivity contribution >= 4 is 22.4 Å². The van der Waals surface area contributed by atoms with Gasteiger partial charge in [-0.25, -0.2) is 4.39 Å². The van der Waals surface area contributed by atoms with Gasteiger partial charge in [0.2, 0.25) is 0 Å². The molecule has 5 rings (SSSR count). The number of likely N-dealkylation sites (tertiary alicyclic amines) is 1. The number of esters is 1. The van der Waals surface area contributed by atoms with Crippen LogP contribution in [0.5, 0.6) is 0 Å². The molecular formula is C30H36FN3O2. The lowest BCUT2D eigenvalue weighted by Crippen LogP contribution is -2.56. The van der Waals surface area contributed by atoms with E-state index in [4.69, 9.17) is 4.74 Å². The topological polar surface area (TPSA) is 36.0 Å². The van der Waals surface area contributed by atoms with Crippen molar-refractivity contribution in [3.8, 4) is 0 Å². The highest BCUT2D eigenvalue weighted by atomic mass is 19.1. The van der Waals surface area contributed by atoms with Gasteiger partial charge in [0, 0.05) is 51.7 Å². The van der Waals surface area contributed by atoms with Crippen LogP contribution in [0.1, 0.15) is 24.8 Å². The number of hydrogen-bond donors (Lipinski definition) is 0. The van der Waals surface area contributed by atoms with Crippen LogP contribution in [0.3, 0.4) is 0 Å². The standard InChI is InChI=1S/C30H36FN3O2/c1-36-30(35)13-12-26-22-32(21-23-10-11-24-6-2-3-7-25(24)20-23)15-14-28(26)33-16-18-34(19-17-33)29-9-5-4-8-27(29)31/h2-11,20,26,28H,12-19,21-22H2,1H3/t26-,28+/m0/s1. The maximum atomic E-state index is 14.3. The van der Waals surface area contributed by atoms with Gasteiger partial charge in [-0.05, 0) is 59.8 Å². The summed E-state index contributed by atoms with van der Waals surface area (Å²) in [6.07, 6.45) is 2.37. The van der Waals surface area contributed by atoms with Gasteiger partial charge in [-0.3, -0.25) is 14.6 Å². The number of halogens is 1. The Morgan fingerprint density at radius 1 is 0.944 bits per heavy atom. The number of rotatable bonds is 7. The van der Waals surface area contributed by atoms with Crippen molar-refractivity contribution in [2.75, 3.05) is 51.3 Å². The van der Waals surface area contributed by atoms with Crippen molar-refractivity contribution in [1.29, 1.82) is 0 Å². The maximum Gasteiger partial charge on any atom is 0.305 e. The largest absolute Gasteiger partial charge is 0.469 e. The van der Waals surface area contributed by atoms with Crippen LogP contribution in [0.4, 0.5) is 10.1 Å². The molecular weight excluding hydrogens is 453 g/mol. The number of carbonyl (C=O) groups is 1. The molecule has 2 atom stereocenters. The lowest BCUT2D eigenvalue weighted by Gasteiger charge is -2.47. The second-order valence-corrected chi connectivity index (χ2v) is 10.1. The summed E-state index contributed by atoms with van der Waals surface area (Å²) in [5.74, 6) is 0.118. The SMILES string of the molecule is COC(=O)CC[C@H]1CN(Cc2ccc3ccccc3c2)CC[C@H]1N1CCN(c2ccccc2F)CC1. The lowest BCUT2D eigenvalue weighted by molar-refractivity contribution is -0.141. The summed E-state index contributed by atoms with van der Waals surface area (Å²) in [6, 6.07) is 22.7. The van der Waals surface area contributed by atoms with Gasteiger partial charge in [-0.15, -0.1) is 0 Å². The third-order valence-electron chi connectivity index (χ3n) is 7.92. The van der Waals surface area contributed by atoms with Gasteiger partial charge in [-0.2, -0.15) is 0 Å². The smallest absolute Gasteiger partial charge is 0.305 e. The van der Waals surface area contributed by atoms with E-state index in [0.29, 0.717) is 24.1 Å². The Morgan fingerprint density at radius 2 is 1.69 bits per heavy atom. The van der Waals surface area contributed by atoms with E-state index in [2.05, 4.69) is 57.2 Å².